The van der Waals surface area contributed by atoms with Gasteiger partial charge in [0.15, 0.2) is 0 Å². The average molecular weight is 269 g/mol. The van der Waals surface area contributed by atoms with Gasteiger partial charge in [-0.25, -0.2) is 0 Å². The zero-order valence-corrected chi connectivity index (χ0v) is 13.8. The molecule has 1 rings (SSSR count). The second kappa shape index (κ2) is 8.93. The van der Waals surface area contributed by atoms with E-state index in [1.165, 1.54) is 45.4 Å². The minimum Gasteiger partial charge on any atom is -0.313 e. The highest BCUT2D eigenvalue weighted by atomic mass is 15.2. The summed E-state index contributed by atoms with van der Waals surface area (Å²) in [6.45, 7) is 13.0. The quantitative estimate of drug-likeness (QED) is 0.729. The summed E-state index contributed by atoms with van der Waals surface area (Å²) in [6, 6.07) is 0.708. The van der Waals surface area contributed by atoms with Gasteiger partial charge in [0, 0.05) is 32.2 Å². The fourth-order valence-corrected chi connectivity index (χ4v) is 3.03. The van der Waals surface area contributed by atoms with E-state index in [9.17, 15) is 0 Å². The van der Waals surface area contributed by atoms with Gasteiger partial charge in [-0.3, -0.25) is 0 Å². The zero-order valence-electron chi connectivity index (χ0n) is 13.8. The molecule has 0 aromatic rings. The van der Waals surface area contributed by atoms with Crippen molar-refractivity contribution < 1.29 is 0 Å². The van der Waals surface area contributed by atoms with E-state index >= 15 is 0 Å². The molecule has 0 saturated carbocycles. The Balaban J connectivity index is 2.41. The standard InChI is InChI=1S/C16H35N3/c1-6-15-7-8-17-16(11-15)13-19(12-14(2)3)10-9-18(4)5/h14-17H,6-13H2,1-5H3. The fraction of sp³-hybridized carbons (Fsp3) is 1.00. The molecule has 1 aliphatic heterocycles. The number of hydrogen-bond donors (Lipinski definition) is 1. The number of nitrogens with zero attached hydrogens (tertiary/aromatic N) is 2. The molecule has 1 fully saturated rings. The highest BCUT2D eigenvalue weighted by molar-refractivity contribution is 4.81. The van der Waals surface area contributed by atoms with Crippen molar-refractivity contribution in [2.24, 2.45) is 11.8 Å². The predicted octanol–water partition coefficient (Wildman–Crippen LogP) is 2.28. The summed E-state index contributed by atoms with van der Waals surface area (Å²) in [6.07, 6.45) is 4.09. The lowest BCUT2D eigenvalue weighted by atomic mass is 9.90. The maximum Gasteiger partial charge on any atom is 0.0197 e. The van der Waals surface area contributed by atoms with E-state index in [4.69, 9.17) is 0 Å². The molecule has 0 aromatic carbocycles. The van der Waals surface area contributed by atoms with Crippen LogP contribution in [0.15, 0.2) is 0 Å². The van der Waals surface area contributed by atoms with Crippen LogP contribution in [0.3, 0.4) is 0 Å². The molecule has 1 heterocycles. The van der Waals surface area contributed by atoms with Gasteiger partial charge in [0.2, 0.25) is 0 Å². The van der Waals surface area contributed by atoms with E-state index in [0.29, 0.717) is 6.04 Å². The molecular formula is C16H35N3. The Labute approximate surface area is 120 Å². The molecule has 0 aliphatic carbocycles. The second-order valence-corrected chi connectivity index (χ2v) is 6.91. The first-order valence-corrected chi connectivity index (χ1v) is 8.11. The Morgan fingerprint density at radius 2 is 1.95 bits per heavy atom. The van der Waals surface area contributed by atoms with Gasteiger partial charge in [0.25, 0.3) is 0 Å². The van der Waals surface area contributed by atoms with Crippen LogP contribution < -0.4 is 5.32 Å². The van der Waals surface area contributed by atoms with Crippen molar-refractivity contribution >= 4 is 0 Å². The molecule has 2 atom stereocenters. The first-order chi connectivity index (χ1) is 9.01. The van der Waals surface area contributed by atoms with Gasteiger partial charge in [-0.2, -0.15) is 0 Å². The number of hydrogen-bond acceptors (Lipinski definition) is 3. The van der Waals surface area contributed by atoms with Gasteiger partial charge in [-0.05, 0) is 45.3 Å². The third kappa shape index (κ3) is 7.28. The van der Waals surface area contributed by atoms with Crippen molar-refractivity contribution in [1.82, 2.24) is 15.1 Å². The third-order valence-corrected chi connectivity index (χ3v) is 4.15. The highest BCUT2D eigenvalue weighted by Gasteiger charge is 2.22. The molecule has 19 heavy (non-hydrogen) atoms. The van der Waals surface area contributed by atoms with Crippen LogP contribution >= 0.6 is 0 Å². The summed E-state index contributed by atoms with van der Waals surface area (Å²) in [5, 5.41) is 3.72. The Kier molecular flexibility index (Phi) is 7.96. The lowest BCUT2D eigenvalue weighted by Gasteiger charge is -2.35. The molecule has 1 N–H and O–H groups in total. The molecule has 0 aromatic heterocycles. The predicted molar refractivity (Wildman–Crippen MR) is 84.6 cm³/mol. The van der Waals surface area contributed by atoms with E-state index in [1.54, 1.807) is 0 Å². The van der Waals surface area contributed by atoms with Crippen molar-refractivity contribution in [2.45, 2.75) is 46.1 Å². The van der Waals surface area contributed by atoms with Crippen LogP contribution in [0.5, 0.6) is 0 Å². The maximum absolute atomic E-state index is 3.72. The second-order valence-electron chi connectivity index (χ2n) is 6.91. The summed E-state index contributed by atoms with van der Waals surface area (Å²) < 4.78 is 0. The Morgan fingerprint density at radius 1 is 1.21 bits per heavy atom. The van der Waals surface area contributed by atoms with Crippen molar-refractivity contribution in [1.29, 1.82) is 0 Å². The lowest BCUT2D eigenvalue weighted by molar-refractivity contribution is 0.172. The molecule has 1 aliphatic rings. The number of piperidine rings is 1. The average Bonchev–Trinajstić information content (AvgIpc) is 2.35. The van der Waals surface area contributed by atoms with E-state index in [1.807, 2.05) is 0 Å². The molecule has 114 valence electrons. The summed E-state index contributed by atoms with van der Waals surface area (Å²) in [5.74, 6) is 1.70. The summed E-state index contributed by atoms with van der Waals surface area (Å²) >= 11 is 0. The van der Waals surface area contributed by atoms with Crippen LogP contribution in [0.4, 0.5) is 0 Å². The Hall–Kier alpha value is -0.120. The Bertz CT molecular complexity index is 228. The molecule has 1 saturated heterocycles. The SMILES string of the molecule is CCC1CCNC(CN(CCN(C)C)CC(C)C)C1. The minimum absolute atomic E-state index is 0.708. The zero-order chi connectivity index (χ0) is 14.3. The molecule has 0 bridgehead atoms. The molecule has 0 spiro atoms. The van der Waals surface area contributed by atoms with Gasteiger partial charge >= 0.3 is 0 Å². The van der Waals surface area contributed by atoms with Crippen LogP contribution in [0.1, 0.15) is 40.0 Å². The van der Waals surface area contributed by atoms with Crippen LogP contribution in [-0.4, -0.2) is 62.7 Å². The molecule has 0 radical (unpaired) electrons. The number of likely N-dealkylation sites (N-methyl/N-ethyl adjacent to an activating group) is 1. The van der Waals surface area contributed by atoms with E-state index in [-0.39, 0.29) is 0 Å². The van der Waals surface area contributed by atoms with E-state index < -0.39 is 0 Å². The summed E-state index contributed by atoms with van der Waals surface area (Å²) in [4.78, 5) is 4.94. The van der Waals surface area contributed by atoms with Crippen LogP contribution in [0, 0.1) is 11.8 Å². The normalized spacial score (nSPS) is 24.6. The smallest absolute Gasteiger partial charge is 0.0197 e. The fourth-order valence-electron chi connectivity index (χ4n) is 3.03. The van der Waals surface area contributed by atoms with Gasteiger partial charge < -0.3 is 15.1 Å². The third-order valence-electron chi connectivity index (χ3n) is 4.15. The van der Waals surface area contributed by atoms with Gasteiger partial charge in [0.1, 0.15) is 0 Å². The number of nitrogens with one attached hydrogen (secondary N) is 1. The first-order valence-electron chi connectivity index (χ1n) is 8.11. The monoisotopic (exact) mass is 269 g/mol. The van der Waals surface area contributed by atoms with Crippen LogP contribution in [0.25, 0.3) is 0 Å². The molecular weight excluding hydrogens is 234 g/mol. The van der Waals surface area contributed by atoms with Crippen LogP contribution in [0.2, 0.25) is 0 Å². The van der Waals surface area contributed by atoms with Gasteiger partial charge in [-0.15, -0.1) is 0 Å². The molecule has 3 heteroatoms. The molecule has 2 unspecified atom stereocenters. The summed E-state index contributed by atoms with van der Waals surface area (Å²) in [7, 11) is 4.33. The molecule has 3 nitrogen and oxygen atoms in total. The Morgan fingerprint density at radius 3 is 2.53 bits per heavy atom. The topological polar surface area (TPSA) is 18.5 Å². The van der Waals surface area contributed by atoms with Gasteiger partial charge in [-0.1, -0.05) is 27.2 Å². The lowest BCUT2D eigenvalue weighted by Crippen LogP contribution is -2.48. The van der Waals surface area contributed by atoms with Crippen molar-refractivity contribution in [3.05, 3.63) is 0 Å². The van der Waals surface area contributed by atoms with Gasteiger partial charge in [0.05, 0.1) is 0 Å². The van der Waals surface area contributed by atoms with Crippen molar-refractivity contribution in [2.75, 3.05) is 46.8 Å². The molecule has 0 amide bonds. The maximum atomic E-state index is 3.72. The highest BCUT2D eigenvalue weighted by Crippen LogP contribution is 2.20. The van der Waals surface area contributed by atoms with Crippen LogP contribution in [-0.2, 0) is 0 Å². The largest absolute Gasteiger partial charge is 0.313 e. The minimum atomic E-state index is 0.708. The van der Waals surface area contributed by atoms with Crippen molar-refractivity contribution in [3.8, 4) is 0 Å². The van der Waals surface area contributed by atoms with E-state index in [2.05, 4.69) is 50.0 Å². The number of rotatable bonds is 8. The summed E-state index contributed by atoms with van der Waals surface area (Å²) in [5.41, 5.74) is 0. The van der Waals surface area contributed by atoms with E-state index in [0.717, 1.165) is 18.4 Å². The first kappa shape index (κ1) is 16.9. The van der Waals surface area contributed by atoms with Crippen molar-refractivity contribution in [3.63, 3.8) is 0 Å².